The molecule has 0 unspecified atom stereocenters. The maximum Gasteiger partial charge on any atom is 0.435 e. The molecule has 0 saturated heterocycles. The van der Waals surface area contributed by atoms with Crippen LogP contribution >= 0.6 is 11.3 Å². The minimum absolute atomic E-state index is 0.00642. The fourth-order valence-electron chi connectivity index (χ4n) is 2.27. The minimum atomic E-state index is -4.80. The van der Waals surface area contributed by atoms with E-state index in [2.05, 4.69) is 25.9 Å². The van der Waals surface area contributed by atoms with Crippen LogP contribution in [0.1, 0.15) is 22.3 Å². The van der Waals surface area contributed by atoms with Crippen molar-refractivity contribution in [3.63, 3.8) is 0 Å². The van der Waals surface area contributed by atoms with E-state index < -0.39 is 28.7 Å². The van der Waals surface area contributed by atoms with E-state index in [1.807, 2.05) is 0 Å². The minimum Gasteiger partial charge on any atom is -0.383 e. The predicted octanol–water partition coefficient (Wildman–Crippen LogP) is 1.000. The summed E-state index contributed by atoms with van der Waals surface area (Å²) in [5, 5.41) is 7.38. The van der Waals surface area contributed by atoms with Gasteiger partial charge in [0.2, 0.25) is 0 Å². The number of carbonyl (C=O) groups is 2. The molecule has 156 valence electrons. The van der Waals surface area contributed by atoms with Gasteiger partial charge in [0.1, 0.15) is 23.5 Å². The highest BCUT2D eigenvalue weighted by Crippen LogP contribution is 2.37. The molecule has 0 aliphatic carbocycles. The van der Waals surface area contributed by atoms with E-state index in [0.717, 1.165) is 0 Å². The van der Waals surface area contributed by atoms with Crippen molar-refractivity contribution in [1.82, 2.24) is 20.6 Å². The molecule has 3 N–H and O–H groups in total. The molecule has 0 bridgehead atoms. The van der Waals surface area contributed by atoms with Crippen molar-refractivity contribution in [1.29, 1.82) is 0 Å². The molecule has 0 spiro atoms. The third kappa shape index (κ3) is 5.90. The highest BCUT2D eigenvalue weighted by Gasteiger charge is 2.39. The zero-order valence-electron chi connectivity index (χ0n) is 15.9. The Hall–Kier alpha value is -2.67. The standard InChI is InChI=1S/C16H19BF3N5O3S/c1-3-21-15(27)24-10-6-8(9(17)7-23-10)14-25-12(16(18,19)20)11(29-14)13(26)22-4-5-28-2/h6-7H,3-5,17H2,1-2H3,(H,22,26)(H2,21,23,24,27). The summed E-state index contributed by atoms with van der Waals surface area (Å²) in [6.45, 7) is 2.36. The summed E-state index contributed by atoms with van der Waals surface area (Å²) >= 11 is 0.618. The summed E-state index contributed by atoms with van der Waals surface area (Å²) in [7, 11) is 3.06. The van der Waals surface area contributed by atoms with Crippen LogP contribution in [-0.2, 0) is 10.9 Å². The first kappa shape index (κ1) is 22.6. The van der Waals surface area contributed by atoms with Gasteiger partial charge in [0.15, 0.2) is 5.69 Å². The van der Waals surface area contributed by atoms with Crippen LogP contribution in [0.15, 0.2) is 12.3 Å². The van der Waals surface area contributed by atoms with Crippen LogP contribution in [-0.4, -0.2) is 56.6 Å². The first-order valence-electron chi connectivity index (χ1n) is 8.54. The molecule has 0 radical (unpaired) electrons. The Kier molecular flexibility index (Phi) is 7.56. The Balaban J connectivity index is 2.41. The van der Waals surface area contributed by atoms with E-state index in [-0.39, 0.29) is 24.0 Å². The molecule has 0 atom stereocenters. The van der Waals surface area contributed by atoms with Crippen LogP contribution in [0.2, 0.25) is 0 Å². The zero-order valence-corrected chi connectivity index (χ0v) is 16.8. The van der Waals surface area contributed by atoms with E-state index >= 15 is 0 Å². The number of halogens is 3. The zero-order chi connectivity index (χ0) is 21.6. The maximum absolute atomic E-state index is 13.4. The smallest absolute Gasteiger partial charge is 0.383 e. The number of ether oxygens (including phenoxy) is 1. The number of methoxy groups -OCH3 is 1. The first-order chi connectivity index (χ1) is 13.7. The highest BCUT2D eigenvalue weighted by molar-refractivity contribution is 7.17. The molecule has 0 aliphatic rings. The van der Waals surface area contributed by atoms with Crippen molar-refractivity contribution in [2.45, 2.75) is 13.1 Å². The number of rotatable bonds is 7. The maximum atomic E-state index is 13.4. The second-order valence-electron chi connectivity index (χ2n) is 5.81. The molecule has 29 heavy (non-hydrogen) atoms. The van der Waals surface area contributed by atoms with Gasteiger partial charge in [0.25, 0.3) is 5.91 Å². The van der Waals surface area contributed by atoms with E-state index in [1.165, 1.54) is 19.4 Å². The second kappa shape index (κ2) is 9.70. The van der Waals surface area contributed by atoms with Gasteiger partial charge in [0.05, 0.1) is 6.61 Å². The lowest BCUT2D eigenvalue weighted by Gasteiger charge is -2.08. The molecule has 13 heteroatoms. The number of thiazole rings is 1. The topological polar surface area (TPSA) is 105 Å². The monoisotopic (exact) mass is 429 g/mol. The Bertz CT molecular complexity index is 891. The summed E-state index contributed by atoms with van der Waals surface area (Å²) in [6.07, 6.45) is -3.39. The number of alkyl halides is 3. The number of aromatic nitrogens is 2. The van der Waals surface area contributed by atoms with E-state index in [9.17, 15) is 22.8 Å². The van der Waals surface area contributed by atoms with Crippen molar-refractivity contribution < 1.29 is 27.5 Å². The van der Waals surface area contributed by atoms with Gasteiger partial charge in [-0.15, -0.1) is 11.3 Å². The van der Waals surface area contributed by atoms with Gasteiger partial charge in [-0.25, -0.2) is 14.8 Å². The summed E-state index contributed by atoms with van der Waals surface area (Å²) in [5.41, 5.74) is -0.389. The molecule has 2 rings (SSSR count). The molecule has 0 aromatic carbocycles. The number of hydrogen-bond acceptors (Lipinski definition) is 6. The molecule has 2 aromatic rings. The van der Waals surface area contributed by atoms with Crippen molar-refractivity contribution in [3.8, 4) is 10.6 Å². The third-order valence-electron chi connectivity index (χ3n) is 3.61. The highest BCUT2D eigenvalue weighted by atomic mass is 32.1. The Morgan fingerprint density at radius 3 is 2.66 bits per heavy atom. The average Bonchev–Trinajstić information content (AvgIpc) is 3.09. The van der Waals surface area contributed by atoms with Crippen molar-refractivity contribution >= 4 is 42.4 Å². The third-order valence-corrected chi connectivity index (χ3v) is 4.69. The van der Waals surface area contributed by atoms with Crippen LogP contribution < -0.4 is 21.4 Å². The number of pyridine rings is 1. The van der Waals surface area contributed by atoms with Crippen LogP contribution in [0.5, 0.6) is 0 Å². The van der Waals surface area contributed by atoms with Gasteiger partial charge >= 0.3 is 12.2 Å². The second-order valence-corrected chi connectivity index (χ2v) is 6.81. The molecule has 3 amide bonds. The fourth-order valence-corrected chi connectivity index (χ4v) is 3.35. The van der Waals surface area contributed by atoms with E-state index in [0.29, 0.717) is 28.9 Å². The molecule has 2 aromatic heterocycles. The lowest BCUT2D eigenvalue weighted by molar-refractivity contribution is -0.141. The molecule has 0 fully saturated rings. The number of amides is 3. The number of nitrogens with one attached hydrogen (secondary N) is 3. The first-order valence-corrected chi connectivity index (χ1v) is 9.36. The number of urea groups is 1. The Labute approximate surface area is 169 Å². The van der Waals surface area contributed by atoms with Gasteiger partial charge in [-0.1, -0.05) is 5.46 Å². The number of hydrogen-bond donors (Lipinski definition) is 3. The largest absolute Gasteiger partial charge is 0.435 e. The van der Waals surface area contributed by atoms with Gasteiger partial charge in [-0.05, 0) is 13.0 Å². The fraction of sp³-hybridized carbons (Fsp3) is 0.375. The van der Waals surface area contributed by atoms with Crippen LogP contribution in [0.4, 0.5) is 23.8 Å². The van der Waals surface area contributed by atoms with E-state index in [1.54, 1.807) is 14.8 Å². The lowest BCUT2D eigenvalue weighted by atomic mass is 9.93. The molecular weight excluding hydrogens is 410 g/mol. The molecule has 8 nitrogen and oxygen atoms in total. The molecule has 0 aliphatic heterocycles. The van der Waals surface area contributed by atoms with Crippen LogP contribution in [0.25, 0.3) is 10.6 Å². The normalized spacial score (nSPS) is 11.2. The van der Waals surface area contributed by atoms with Gasteiger partial charge in [-0.2, -0.15) is 13.2 Å². The number of carbonyl (C=O) groups excluding carboxylic acids is 2. The predicted molar refractivity (Wildman–Crippen MR) is 105 cm³/mol. The van der Waals surface area contributed by atoms with Gasteiger partial charge < -0.3 is 15.4 Å². The van der Waals surface area contributed by atoms with Crippen molar-refractivity contribution in [2.75, 3.05) is 32.1 Å². The number of nitrogens with zero attached hydrogens (tertiary/aromatic N) is 2. The number of anilines is 1. The van der Waals surface area contributed by atoms with Crippen molar-refractivity contribution in [3.05, 3.63) is 22.8 Å². The van der Waals surface area contributed by atoms with E-state index in [4.69, 9.17) is 4.74 Å². The summed E-state index contributed by atoms with van der Waals surface area (Å²) < 4.78 is 45.1. The Morgan fingerprint density at radius 1 is 1.31 bits per heavy atom. The van der Waals surface area contributed by atoms with Crippen molar-refractivity contribution in [2.24, 2.45) is 0 Å². The summed E-state index contributed by atoms with van der Waals surface area (Å²) in [6, 6.07) is 0.916. The lowest BCUT2D eigenvalue weighted by Crippen LogP contribution is -2.28. The Morgan fingerprint density at radius 2 is 2.03 bits per heavy atom. The SMILES string of the molecule is Bc1cnc(NC(=O)NCC)cc1-c1nc(C(F)(F)F)c(C(=O)NCCOC)s1. The van der Waals surface area contributed by atoms with Crippen LogP contribution in [0.3, 0.4) is 0 Å². The quantitative estimate of drug-likeness (QED) is 0.450. The molecular formula is C16H19BF3N5O3S. The molecule has 2 heterocycles. The average molecular weight is 429 g/mol. The summed E-state index contributed by atoms with van der Waals surface area (Å²) in [5.74, 6) is -0.739. The van der Waals surface area contributed by atoms with Gasteiger partial charge in [0, 0.05) is 32.0 Å². The van der Waals surface area contributed by atoms with Gasteiger partial charge in [-0.3, -0.25) is 10.1 Å². The molecule has 0 saturated carbocycles. The summed E-state index contributed by atoms with van der Waals surface area (Å²) in [4.78, 5) is 31.0. The van der Waals surface area contributed by atoms with Crippen LogP contribution in [0, 0.1) is 0 Å².